The number of phenols is 1. The lowest BCUT2D eigenvalue weighted by molar-refractivity contribution is -0.378. The number of hydrogen-bond donors (Lipinski definition) is 10. The molecule has 3 aliphatic rings. The average Bonchev–Trinajstić information content (AvgIpc) is 3.31. The molecule has 4 bridgehead atoms. The summed E-state index contributed by atoms with van der Waals surface area (Å²) >= 11 is 0. The van der Waals surface area contributed by atoms with Gasteiger partial charge in [0, 0.05) is 58.7 Å². The number of ketones is 2. The number of carbonyl (C=O) groups is 4. The second kappa shape index (κ2) is 21.4. The number of aliphatic hydroxyl groups is 6. The Morgan fingerprint density at radius 3 is 2.37 bits per heavy atom. The van der Waals surface area contributed by atoms with Gasteiger partial charge in [-0.1, -0.05) is 60.4 Å². The zero-order valence-corrected chi connectivity index (χ0v) is 38.3. The number of ether oxygens (including phenoxy) is 4. The largest absolute Gasteiger partial charge is 0.507 e. The van der Waals surface area contributed by atoms with Crippen LogP contribution in [0.2, 0.25) is 0 Å². The normalized spacial score (nSPS) is 21.7. The van der Waals surface area contributed by atoms with E-state index < -0.39 is 109 Å². The van der Waals surface area contributed by atoms with Gasteiger partial charge in [0.1, 0.15) is 23.4 Å². The van der Waals surface area contributed by atoms with Crippen LogP contribution in [0.5, 0.6) is 17.2 Å². The summed E-state index contributed by atoms with van der Waals surface area (Å²) in [5.74, 6) is -1.61. The smallest absolute Gasteiger partial charge is 0.308 e. The zero-order valence-electron chi connectivity index (χ0n) is 38.3. The predicted molar refractivity (Wildman–Crippen MR) is 252 cm³/mol. The van der Waals surface area contributed by atoms with Crippen LogP contribution in [0.25, 0.3) is 12.2 Å². The number of aldehydes is 1. The molecule has 1 fully saturated rings. The predicted octanol–water partition coefficient (Wildman–Crippen LogP) is 1.05. The molecular formula is C51H54N4O15. The number of benzene rings is 4. The fourth-order valence-corrected chi connectivity index (χ4v) is 9.00. The molecule has 2 aliphatic carbocycles. The van der Waals surface area contributed by atoms with Gasteiger partial charge >= 0.3 is 5.97 Å². The molecule has 368 valence electrons. The van der Waals surface area contributed by atoms with E-state index in [1.54, 1.807) is 24.3 Å². The van der Waals surface area contributed by atoms with Gasteiger partial charge in [-0.2, -0.15) is 0 Å². The van der Waals surface area contributed by atoms with Gasteiger partial charge in [-0.3, -0.25) is 24.2 Å². The number of aliphatic imine (C=N–C) groups is 1. The first-order valence-electron chi connectivity index (χ1n) is 22.4. The van der Waals surface area contributed by atoms with Crippen molar-refractivity contribution in [1.82, 2.24) is 0 Å². The Hall–Kier alpha value is -6.83. The molecule has 0 spiro atoms. The Morgan fingerprint density at radius 1 is 0.957 bits per heavy atom. The number of aliphatic hydroxyl groups excluding tert-OH is 4. The Bertz CT molecular complexity index is 2840. The highest BCUT2D eigenvalue weighted by molar-refractivity contribution is 6.32. The second-order valence-electron chi connectivity index (χ2n) is 17.2. The van der Waals surface area contributed by atoms with Crippen molar-refractivity contribution in [3.63, 3.8) is 0 Å². The highest BCUT2D eigenvalue weighted by Crippen LogP contribution is 2.48. The number of carbonyl (C=O) groups excluding carboxylic acids is 4. The van der Waals surface area contributed by atoms with Crippen LogP contribution in [0.3, 0.4) is 0 Å². The van der Waals surface area contributed by atoms with Gasteiger partial charge < -0.3 is 71.9 Å². The Labute approximate surface area is 401 Å². The zero-order chi connectivity index (χ0) is 50.6. The summed E-state index contributed by atoms with van der Waals surface area (Å²) in [5.41, 5.74) is 17.0. The molecule has 19 heteroatoms. The van der Waals surface area contributed by atoms with Crippen molar-refractivity contribution >= 4 is 41.9 Å². The molecule has 1 saturated heterocycles. The number of rotatable bonds is 12. The van der Waals surface area contributed by atoms with Crippen LogP contribution in [-0.2, 0) is 46.7 Å². The van der Waals surface area contributed by atoms with Crippen molar-refractivity contribution in [3.8, 4) is 29.1 Å². The van der Waals surface area contributed by atoms with Crippen molar-refractivity contribution < 1.29 is 73.9 Å². The lowest BCUT2D eigenvalue weighted by Gasteiger charge is -2.46. The molecule has 6 unspecified atom stereocenters. The minimum atomic E-state index is -3.10. The summed E-state index contributed by atoms with van der Waals surface area (Å²) in [6.07, 6.45) is -4.70. The Balaban J connectivity index is 1.57. The van der Waals surface area contributed by atoms with Gasteiger partial charge in [-0.05, 0) is 66.1 Å². The quantitative estimate of drug-likeness (QED) is 0.0122. The van der Waals surface area contributed by atoms with E-state index in [1.807, 2.05) is 6.07 Å². The standard InChI is InChI=1S/C51H54N4O15/c1-25-47(64)51(65,66)48(67-17-16-55-50(53)54)49(68-25)70-46-35-11-5-10-32(52)13-14-33(60)19-28-7-3-6-27(18-28)12-15-34-38(69-26(2)59)21-31(23-57)39-40(34)45(63)41(35)42(44(39)62)43(61)36(46)20-29-8-4-9-30(22-56)37(29)24-58/h3-4,6-9,12,15,18,21,24-25,32-33,47-49,56-57,60-61,64-66H,11,13-14,16-17,19-20,22-23,52H2,1-2H3,(H4,53,54,55). The third-order valence-corrected chi connectivity index (χ3v) is 12.3. The molecule has 19 nitrogen and oxygen atoms in total. The fraction of sp³-hybridized carbons (Fsp3) is 0.353. The van der Waals surface area contributed by atoms with E-state index in [4.69, 9.17) is 36.1 Å². The van der Waals surface area contributed by atoms with E-state index in [9.17, 15) is 45.3 Å². The Morgan fingerprint density at radius 2 is 1.67 bits per heavy atom. The highest BCUT2D eigenvalue weighted by Gasteiger charge is 2.56. The third kappa shape index (κ3) is 10.4. The first-order chi connectivity index (χ1) is 33.4. The summed E-state index contributed by atoms with van der Waals surface area (Å²) in [6.45, 7) is 0.459. The first-order valence-corrected chi connectivity index (χ1v) is 22.4. The molecule has 0 radical (unpaired) electrons. The van der Waals surface area contributed by atoms with Crippen LogP contribution in [0.1, 0.15) is 113 Å². The molecule has 0 saturated carbocycles. The number of fused-ring (bicyclic) bond motifs is 2. The molecule has 4 aromatic rings. The number of aromatic hydroxyl groups is 1. The maximum Gasteiger partial charge on any atom is 0.308 e. The number of guanidine groups is 1. The minimum Gasteiger partial charge on any atom is -0.507 e. The maximum atomic E-state index is 15.7. The maximum absolute atomic E-state index is 15.7. The van der Waals surface area contributed by atoms with Gasteiger partial charge in [0.05, 0.1) is 50.2 Å². The summed E-state index contributed by atoms with van der Waals surface area (Å²) in [6, 6.07) is 12.1. The molecule has 1 aliphatic heterocycles. The van der Waals surface area contributed by atoms with Crippen LogP contribution in [-0.4, -0.2) is 121 Å². The molecule has 7 rings (SSSR count). The Kier molecular flexibility index (Phi) is 15.6. The van der Waals surface area contributed by atoms with Gasteiger partial charge in [-0.15, -0.1) is 0 Å². The second-order valence-corrected chi connectivity index (χ2v) is 17.2. The lowest BCUT2D eigenvalue weighted by Crippen LogP contribution is -2.67. The molecular weight excluding hydrogens is 909 g/mol. The summed E-state index contributed by atoms with van der Waals surface area (Å²) in [7, 11) is 0. The minimum absolute atomic E-state index is 0.0161. The van der Waals surface area contributed by atoms with Crippen molar-refractivity contribution in [2.75, 3.05) is 13.2 Å². The highest BCUT2D eigenvalue weighted by atomic mass is 16.7. The van der Waals surface area contributed by atoms with E-state index in [0.717, 1.165) is 12.5 Å². The van der Waals surface area contributed by atoms with Crippen molar-refractivity contribution in [1.29, 1.82) is 0 Å². The number of hydrogen-bond acceptors (Lipinski definition) is 17. The van der Waals surface area contributed by atoms with Crippen LogP contribution < -0.4 is 26.7 Å². The van der Waals surface area contributed by atoms with Crippen LogP contribution in [0.4, 0.5) is 0 Å². The number of nitrogens with zero attached hydrogens (tertiary/aromatic N) is 1. The van der Waals surface area contributed by atoms with Crippen LogP contribution >= 0.6 is 0 Å². The van der Waals surface area contributed by atoms with E-state index in [0.29, 0.717) is 11.8 Å². The van der Waals surface area contributed by atoms with Gasteiger partial charge in [-0.25, -0.2) is 0 Å². The fourth-order valence-electron chi connectivity index (χ4n) is 9.00. The topological polar surface area (TPSA) is 337 Å². The molecule has 0 aromatic heterocycles. The summed E-state index contributed by atoms with van der Waals surface area (Å²) in [5, 5.41) is 78.6. The van der Waals surface area contributed by atoms with Crippen molar-refractivity contribution in [2.45, 2.75) is 102 Å². The molecule has 4 aromatic carbocycles. The molecule has 0 amide bonds. The first kappa shape index (κ1) is 51.0. The van der Waals surface area contributed by atoms with Crippen molar-refractivity contribution in [2.24, 2.45) is 22.2 Å². The molecule has 70 heavy (non-hydrogen) atoms. The van der Waals surface area contributed by atoms with E-state index >= 15 is 9.59 Å². The molecule has 6 atom stereocenters. The summed E-state index contributed by atoms with van der Waals surface area (Å²) < 4.78 is 24.1. The monoisotopic (exact) mass is 962 g/mol. The summed E-state index contributed by atoms with van der Waals surface area (Å²) in [4.78, 5) is 60.2. The number of esters is 1. The average molecular weight is 963 g/mol. The van der Waals surface area contributed by atoms with E-state index in [-0.39, 0.29) is 94.2 Å². The van der Waals surface area contributed by atoms with E-state index in [2.05, 4.69) is 16.8 Å². The molecule has 13 N–H and O–H groups in total. The van der Waals surface area contributed by atoms with Gasteiger partial charge in [0.2, 0.25) is 12.1 Å². The number of nitrogens with two attached hydrogens (primary N) is 3. The lowest BCUT2D eigenvalue weighted by atomic mass is 9.75. The van der Waals surface area contributed by atoms with Crippen LogP contribution in [0.15, 0.2) is 53.5 Å². The number of phenolic OH excluding ortho intramolecular Hbond substituents is 1. The van der Waals surface area contributed by atoms with Crippen molar-refractivity contribution in [3.05, 3.63) is 121 Å². The van der Waals surface area contributed by atoms with Crippen LogP contribution in [0, 0.1) is 11.8 Å². The molecule has 1 heterocycles. The van der Waals surface area contributed by atoms with E-state index in [1.165, 1.54) is 37.3 Å². The van der Waals surface area contributed by atoms with Gasteiger partial charge in [0.25, 0.3) is 0 Å². The SMILES string of the molecule is CC(=O)Oc1cc(CO)c2c3c1C=Cc1cccc(c1)CC(O)CCC(N)C#CCc1c(OC4OC(C)C(O)C(O)(O)C4OCCN=C(N)N)c(Cc4cccc(CO)c4C=O)c(O)c(c1C3=O)C2=O. The third-order valence-electron chi connectivity index (χ3n) is 12.3. The van der Waals surface area contributed by atoms with Gasteiger partial charge in [0.15, 0.2) is 29.9 Å².